The smallest absolute Gasteiger partial charge is 0.241 e. The van der Waals surface area contributed by atoms with Crippen LogP contribution in [0.1, 0.15) is 31.7 Å². The van der Waals surface area contributed by atoms with E-state index in [0.29, 0.717) is 16.9 Å². The van der Waals surface area contributed by atoms with Gasteiger partial charge in [-0.25, -0.2) is 13.1 Å². The zero-order chi connectivity index (χ0) is 14.0. The first-order valence-corrected chi connectivity index (χ1v) is 8.72. The van der Waals surface area contributed by atoms with Crippen LogP contribution < -0.4 is 10.5 Å². The van der Waals surface area contributed by atoms with Crippen LogP contribution in [0.4, 0.5) is 0 Å². The molecule has 4 nitrogen and oxygen atoms in total. The lowest BCUT2D eigenvalue weighted by Crippen LogP contribution is -2.40. The van der Waals surface area contributed by atoms with Gasteiger partial charge in [0.25, 0.3) is 0 Å². The van der Waals surface area contributed by atoms with Gasteiger partial charge < -0.3 is 5.73 Å². The van der Waals surface area contributed by atoms with Gasteiger partial charge in [-0.3, -0.25) is 0 Å². The Morgan fingerprint density at radius 2 is 2.16 bits per heavy atom. The highest BCUT2D eigenvalue weighted by atomic mass is 79.9. The third-order valence-electron chi connectivity index (χ3n) is 3.72. The van der Waals surface area contributed by atoms with Crippen molar-refractivity contribution in [2.24, 2.45) is 11.7 Å². The van der Waals surface area contributed by atoms with Gasteiger partial charge in [0.1, 0.15) is 0 Å². The molecule has 1 aliphatic carbocycles. The van der Waals surface area contributed by atoms with Crippen molar-refractivity contribution < 1.29 is 8.42 Å². The molecule has 1 unspecified atom stereocenters. The van der Waals surface area contributed by atoms with Gasteiger partial charge in [-0.1, -0.05) is 12.5 Å². The fourth-order valence-electron chi connectivity index (χ4n) is 2.23. The second kappa shape index (κ2) is 5.91. The summed E-state index contributed by atoms with van der Waals surface area (Å²) in [5.74, 6) is 0.469. The molecule has 1 aliphatic rings. The van der Waals surface area contributed by atoms with Gasteiger partial charge in [-0.05, 0) is 59.3 Å². The molecule has 0 radical (unpaired) electrons. The van der Waals surface area contributed by atoms with Crippen LogP contribution in [0.3, 0.4) is 0 Å². The Kier molecular flexibility index (Phi) is 4.66. The summed E-state index contributed by atoms with van der Waals surface area (Å²) in [6, 6.07) is 5.08. The molecule has 106 valence electrons. The molecule has 1 atom stereocenters. The highest BCUT2D eigenvalue weighted by Gasteiger charge is 2.28. The molecule has 0 saturated heterocycles. The zero-order valence-corrected chi connectivity index (χ0v) is 13.3. The van der Waals surface area contributed by atoms with Crippen molar-refractivity contribution in [1.82, 2.24) is 4.72 Å². The Morgan fingerprint density at radius 1 is 1.47 bits per heavy atom. The fourth-order valence-corrected chi connectivity index (χ4v) is 4.67. The van der Waals surface area contributed by atoms with Crippen LogP contribution in [-0.4, -0.2) is 14.5 Å². The largest absolute Gasteiger partial charge is 0.326 e. The van der Waals surface area contributed by atoms with Gasteiger partial charge >= 0.3 is 0 Å². The quantitative estimate of drug-likeness (QED) is 0.859. The topological polar surface area (TPSA) is 72.2 Å². The van der Waals surface area contributed by atoms with Gasteiger partial charge in [0.05, 0.1) is 4.90 Å². The molecular weight excluding hydrogens is 328 g/mol. The van der Waals surface area contributed by atoms with E-state index in [0.717, 1.165) is 18.4 Å². The number of benzene rings is 1. The van der Waals surface area contributed by atoms with Crippen molar-refractivity contribution in [3.8, 4) is 0 Å². The Labute approximate surface area is 122 Å². The molecule has 1 aromatic carbocycles. The summed E-state index contributed by atoms with van der Waals surface area (Å²) in [4.78, 5) is 0.274. The van der Waals surface area contributed by atoms with Crippen LogP contribution in [0.5, 0.6) is 0 Å². The molecule has 19 heavy (non-hydrogen) atoms. The number of hydrogen-bond acceptors (Lipinski definition) is 3. The molecule has 2 rings (SSSR count). The lowest BCUT2D eigenvalue weighted by molar-refractivity contribution is 0.260. The number of hydrogen-bond donors (Lipinski definition) is 2. The van der Waals surface area contributed by atoms with Crippen molar-refractivity contribution in [2.75, 3.05) is 0 Å². The molecule has 3 N–H and O–H groups in total. The van der Waals surface area contributed by atoms with Crippen molar-refractivity contribution in [2.45, 2.75) is 43.7 Å². The van der Waals surface area contributed by atoms with Crippen LogP contribution >= 0.6 is 15.9 Å². The molecule has 1 saturated carbocycles. The Bertz CT molecular complexity index is 556. The average Bonchev–Trinajstić information content (AvgIpc) is 2.24. The monoisotopic (exact) mass is 346 g/mol. The fraction of sp³-hybridized carbons (Fsp3) is 0.538. The second-order valence-electron chi connectivity index (χ2n) is 5.07. The normalized spacial score (nSPS) is 18.1. The van der Waals surface area contributed by atoms with E-state index in [1.807, 2.05) is 6.92 Å². The standard InChI is InChI=1S/C13H19BrN2O2S/c1-9(11-3-2-4-11)16-19(17,18)13-6-5-10(8-15)7-12(13)14/h5-7,9,11,16H,2-4,8,15H2,1H3. The molecule has 1 fully saturated rings. The summed E-state index contributed by atoms with van der Waals surface area (Å²) >= 11 is 3.31. The highest BCUT2D eigenvalue weighted by molar-refractivity contribution is 9.10. The van der Waals surface area contributed by atoms with E-state index >= 15 is 0 Å². The van der Waals surface area contributed by atoms with Crippen LogP contribution in [-0.2, 0) is 16.6 Å². The molecule has 6 heteroatoms. The molecule has 0 bridgehead atoms. The molecule has 1 aromatic rings. The number of nitrogens with two attached hydrogens (primary N) is 1. The number of halogens is 1. The summed E-state index contributed by atoms with van der Waals surface area (Å²) in [5, 5.41) is 0. The van der Waals surface area contributed by atoms with Gasteiger partial charge in [0, 0.05) is 17.1 Å². The molecule has 0 heterocycles. The maximum atomic E-state index is 12.3. The van der Waals surface area contributed by atoms with E-state index in [4.69, 9.17) is 5.73 Å². The molecule has 0 amide bonds. The van der Waals surface area contributed by atoms with E-state index in [9.17, 15) is 8.42 Å². The Balaban J connectivity index is 2.18. The highest BCUT2D eigenvalue weighted by Crippen LogP contribution is 2.31. The Hall–Kier alpha value is -0.430. The SMILES string of the molecule is CC(NS(=O)(=O)c1ccc(CN)cc1Br)C1CCC1. The minimum Gasteiger partial charge on any atom is -0.326 e. The predicted octanol–water partition coefficient (Wildman–Crippen LogP) is 2.37. The minimum atomic E-state index is -3.47. The lowest BCUT2D eigenvalue weighted by atomic mass is 9.81. The van der Waals surface area contributed by atoms with E-state index in [1.165, 1.54) is 6.42 Å². The second-order valence-corrected chi connectivity index (χ2v) is 7.61. The summed E-state index contributed by atoms with van der Waals surface area (Å²) in [6.45, 7) is 2.33. The number of sulfonamides is 1. The van der Waals surface area contributed by atoms with Gasteiger partial charge in [0.2, 0.25) is 10.0 Å². The van der Waals surface area contributed by atoms with E-state index in [1.54, 1.807) is 18.2 Å². The first-order valence-electron chi connectivity index (χ1n) is 6.45. The first kappa shape index (κ1) is 15.0. The van der Waals surface area contributed by atoms with Crippen LogP contribution in [0.25, 0.3) is 0 Å². The maximum absolute atomic E-state index is 12.3. The third-order valence-corrected chi connectivity index (χ3v) is 6.26. The van der Waals surface area contributed by atoms with Crippen molar-refractivity contribution in [3.63, 3.8) is 0 Å². The van der Waals surface area contributed by atoms with Crippen LogP contribution in [0.15, 0.2) is 27.6 Å². The van der Waals surface area contributed by atoms with Gasteiger partial charge in [-0.2, -0.15) is 0 Å². The number of nitrogens with one attached hydrogen (secondary N) is 1. The van der Waals surface area contributed by atoms with Gasteiger partial charge in [0.15, 0.2) is 0 Å². The molecule has 0 spiro atoms. The van der Waals surface area contributed by atoms with Gasteiger partial charge in [-0.15, -0.1) is 0 Å². The van der Waals surface area contributed by atoms with E-state index in [2.05, 4.69) is 20.7 Å². The summed E-state index contributed by atoms with van der Waals surface area (Å²) in [6.07, 6.45) is 3.42. The van der Waals surface area contributed by atoms with E-state index < -0.39 is 10.0 Å². The van der Waals surface area contributed by atoms with Crippen molar-refractivity contribution in [3.05, 3.63) is 28.2 Å². The summed E-state index contributed by atoms with van der Waals surface area (Å²) < 4.78 is 28.0. The molecule has 0 aromatic heterocycles. The van der Waals surface area contributed by atoms with E-state index in [-0.39, 0.29) is 10.9 Å². The van der Waals surface area contributed by atoms with Crippen LogP contribution in [0, 0.1) is 5.92 Å². The summed E-state index contributed by atoms with van der Waals surface area (Å²) in [5.41, 5.74) is 6.44. The molecule has 0 aliphatic heterocycles. The average molecular weight is 347 g/mol. The van der Waals surface area contributed by atoms with Crippen molar-refractivity contribution in [1.29, 1.82) is 0 Å². The Morgan fingerprint density at radius 3 is 2.63 bits per heavy atom. The third kappa shape index (κ3) is 3.37. The van der Waals surface area contributed by atoms with Crippen molar-refractivity contribution >= 4 is 26.0 Å². The maximum Gasteiger partial charge on any atom is 0.241 e. The molecular formula is C13H19BrN2O2S. The zero-order valence-electron chi connectivity index (χ0n) is 10.9. The lowest BCUT2D eigenvalue weighted by Gasteiger charge is -2.31. The van der Waals surface area contributed by atoms with Crippen LogP contribution in [0.2, 0.25) is 0 Å². The minimum absolute atomic E-state index is 0.0140. The summed E-state index contributed by atoms with van der Waals surface area (Å²) in [7, 11) is -3.47. The number of rotatable bonds is 5. The predicted molar refractivity (Wildman–Crippen MR) is 79.2 cm³/mol. The first-order chi connectivity index (χ1) is 8.94.